The maximum absolute atomic E-state index is 4.23. The third-order valence-electron chi connectivity index (χ3n) is 1.48. The molecule has 0 bridgehead atoms. The van der Waals surface area contributed by atoms with Crippen molar-refractivity contribution >= 4 is 24.8 Å². The van der Waals surface area contributed by atoms with Gasteiger partial charge in [0.1, 0.15) is 0 Å². The summed E-state index contributed by atoms with van der Waals surface area (Å²) in [5.74, 6) is 0. The van der Waals surface area contributed by atoms with Crippen LogP contribution in [0, 0.1) is 0 Å². The molecule has 1 aromatic carbocycles. The molecule has 3 heteroatoms. The second-order valence-electron chi connectivity index (χ2n) is 2.21. The number of nitrogens with zero attached hydrogens (tertiary/aromatic N) is 1. The molecule has 10 heavy (non-hydrogen) atoms. The summed E-state index contributed by atoms with van der Waals surface area (Å²) in [6.45, 7) is 0.948. The Hall–Kier alpha value is -0.120. The lowest BCUT2D eigenvalue weighted by Crippen LogP contribution is -1.90. The van der Waals surface area contributed by atoms with Crippen LogP contribution in [0.25, 0.3) is 0 Å². The van der Waals surface area contributed by atoms with E-state index >= 15 is 0 Å². The zero-order valence-corrected chi connectivity index (χ0v) is 7.03. The standard InChI is InChI=1S/C7H7NS2/c9-8-5-6-3-1-2-4-7(6)10-8/h1-4,9H,5H2. The van der Waals surface area contributed by atoms with Crippen LogP contribution in [-0.4, -0.2) is 3.71 Å². The zero-order chi connectivity index (χ0) is 6.97. The van der Waals surface area contributed by atoms with E-state index in [1.807, 2.05) is 3.71 Å². The summed E-state index contributed by atoms with van der Waals surface area (Å²) in [6.07, 6.45) is 0. The minimum atomic E-state index is 0.948. The highest BCUT2D eigenvalue weighted by atomic mass is 32.2. The molecule has 0 N–H and O–H groups in total. The molecule has 1 nitrogen and oxygen atoms in total. The summed E-state index contributed by atoms with van der Waals surface area (Å²) in [4.78, 5) is 1.33. The van der Waals surface area contributed by atoms with Gasteiger partial charge in [0.2, 0.25) is 0 Å². The Kier molecular flexibility index (Phi) is 1.64. The molecule has 0 saturated heterocycles. The topological polar surface area (TPSA) is 3.24 Å². The Labute approximate surface area is 70.1 Å². The molecule has 0 fully saturated rings. The van der Waals surface area contributed by atoms with Gasteiger partial charge in [-0.15, -0.1) is 0 Å². The van der Waals surface area contributed by atoms with Gasteiger partial charge in [0.15, 0.2) is 0 Å². The molecule has 0 spiro atoms. The number of hydrogen-bond donors (Lipinski definition) is 1. The van der Waals surface area contributed by atoms with Crippen molar-refractivity contribution in [3.05, 3.63) is 29.8 Å². The summed E-state index contributed by atoms with van der Waals surface area (Å²) < 4.78 is 1.94. The van der Waals surface area contributed by atoms with E-state index in [-0.39, 0.29) is 0 Å². The SMILES string of the molecule is SN1Cc2ccccc2S1. The van der Waals surface area contributed by atoms with Crippen LogP contribution in [-0.2, 0) is 6.54 Å². The van der Waals surface area contributed by atoms with Crippen LogP contribution in [0.2, 0.25) is 0 Å². The molecule has 2 rings (SSSR count). The highest BCUT2D eigenvalue weighted by Crippen LogP contribution is 2.36. The van der Waals surface area contributed by atoms with Gasteiger partial charge >= 0.3 is 0 Å². The fourth-order valence-corrected chi connectivity index (χ4v) is 2.25. The fraction of sp³-hybridized carbons (Fsp3) is 0.143. The number of benzene rings is 1. The number of rotatable bonds is 0. The highest BCUT2D eigenvalue weighted by Gasteiger charge is 2.15. The molecule has 52 valence electrons. The molecule has 1 heterocycles. The molecule has 1 aliphatic heterocycles. The molecule has 0 aliphatic carbocycles. The molecular weight excluding hydrogens is 162 g/mol. The number of fused-ring (bicyclic) bond motifs is 1. The minimum Gasteiger partial charge on any atom is -0.188 e. The Bertz CT molecular complexity index is 224. The first kappa shape index (κ1) is 6.58. The van der Waals surface area contributed by atoms with E-state index in [2.05, 4.69) is 37.1 Å². The predicted octanol–water partition coefficient (Wildman–Crippen LogP) is 2.35. The third-order valence-corrected chi connectivity index (χ3v) is 2.80. The molecule has 0 saturated carbocycles. The fourth-order valence-electron chi connectivity index (χ4n) is 1.02. The molecule has 0 unspecified atom stereocenters. The van der Waals surface area contributed by atoms with Crippen molar-refractivity contribution in [1.82, 2.24) is 3.71 Å². The van der Waals surface area contributed by atoms with Crippen LogP contribution in [0.15, 0.2) is 29.2 Å². The lowest BCUT2D eigenvalue weighted by molar-refractivity contribution is 0.771. The van der Waals surface area contributed by atoms with Crippen molar-refractivity contribution in [3.8, 4) is 0 Å². The van der Waals surface area contributed by atoms with Gasteiger partial charge in [0.25, 0.3) is 0 Å². The molecule has 0 atom stereocenters. The smallest absolute Gasteiger partial charge is 0.0465 e. The number of thiol groups is 1. The third kappa shape index (κ3) is 1.05. The lowest BCUT2D eigenvalue weighted by Gasteiger charge is -1.98. The zero-order valence-electron chi connectivity index (χ0n) is 5.32. The van der Waals surface area contributed by atoms with Gasteiger partial charge in [-0.25, -0.2) is 0 Å². The van der Waals surface area contributed by atoms with E-state index in [0.29, 0.717) is 0 Å². The maximum Gasteiger partial charge on any atom is 0.0465 e. The first-order valence-corrected chi connectivity index (χ1v) is 4.26. The van der Waals surface area contributed by atoms with E-state index in [1.165, 1.54) is 10.5 Å². The van der Waals surface area contributed by atoms with Crippen molar-refractivity contribution in [2.75, 3.05) is 0 Å². The van der Waals surface area contributed by atoms with Gasteiger partial charge in [-0.1, -0.05) is 31.0 Å². The Morgan fingerprint density at radius 2 is 2.20 bits per heavy atom. The van der Waals surface area contributed by atoms with Gasteiger partial charge in [-0.2, -0.15) is 3.71 Å². The van der Waals surface area contributed by atoms with E-state index < -0.39 is 0 Å². The molecule has 0 amide bonds. The Balaban J connectivity index is 2.42. The minimum absolute atomic E-state index is 0.948. The first-order chi connectivity index (χ1) is 4.86. The monoisotopic (exact) mass is 169 g/mol. The van der Waals surface area contributed by atoms with Crippen LogP contribution in [0.1, 0.15) is 5.56 Å². The van der Waals surface area contributed by atoms with E-state index in [0.717, 1.165) is 6.54 Å². The predicted molar refractivity (Wildman–Crippen MR) is 46.8 cm³/mol. The van der Waals surface area contributed by atoms with Gasteiger partial charge in [0.05, 0.1) is 0 Å². The van der Waals surface area contributed by atoms with Crippen molar-refractivity contribution in [3.63, 3.8) is 0 Å². The Morgan fingerprint density at radius 1 is 1.40 bits per heavy atom. The van der Waals surface area contributed by atoms with Crippen molar-refractivity contribution in [1.29, 1.82) is 0 Å². The van der Waals surface area contributed by atoms with Crippen LogP contribution < -0.4 is 0 Å². The second kappa shape index (κ2) is 2.49. The quantitative estimate of drug-likeness (QED) is 0.469. The second-order valence-corrected chi connectivity index (χ2v) is 4.03. The first-order valence-electron chi connectivity index (χ1n) is 3.08. The number of hydrogen-bond acceptors (Lipinski definition) is 3. The van der Waals surface area contributed by atoms with Gasteiger partial charge in [-0.3, -0.25) is 0 Å². The molecule has 1 aliphatic rings. The van der Waals surface area contributed by atoms with Gasteiger partial charge in [0, 0.05) is 11.4 Å². The van der Waals surface area contributed by atoms with Crippen LogP contribution in [0.5, 0.6) is 0 Å². The van der Waals surface area contributed by atoms with Gasteiger partial charge in [-0.05, 0) is 23.6 Å². The molecule has 1 aromatic rings. The van der Waals surface area contributed by atoms with Crippen molar-refractivity contribution in [2.45, 2.75) is 11.4 Å². The van der Waals surface area contributed by atoms with Crippen molar-refractivity contribution < 1.29 is 0 Å². The van der Waals surface area contributed by atoms with Crippen LogP contribution in [0.3, 0.4) is 0 Å². The van der Waals surface area contributed by atoms with Crippen LogP contribution >= 0.6 is 24.8 Å². The summed E-state index contributed by atoms with van der Waals surface area (Å²) in [5, 5.41) is 0. The molecular formula is C7H7NS2. The van der Waals surface area contributed by atoms with E-state index in [4.69, 9.17) is 0 Å². The Morgan fingerprint density at radius 3 is 3.00 bits per heavy atom. The largest absolute Gasteiger partial charge is 0.188 e. The highest BCUT2D eigenvalue weighted by molar-refractivity contribution is 8.05. The van der Waals surface area contributed by atoms with Crippen molar-refractivity contribution in [2.24, 2.45) is 0 Å². The average molecular weight is 169 g/mol. The lowest BCUT2D eigenvalue weighted by atomic mass is 10.2. The summed E-state index contributed by atoms with van der Waals surface area (Å²) in [6, 6.07) is 8.37. The summed E-state index contributed by atoms with van der Waals surface area (Å²) in [5.41, 5.74) is 1.38. The summed E-state index contributed by atoms with van der Waals surface area (Å²) >= 11 is 5.92. The van der Waals surface area contributed by atoms with Crippen LogP contribution in [0.4, 0.5) is 0 Å². The van der Waals surface area contributed by atoms with Gasteiger partial charge < -0.3 is 0 Å². The van der Waals surface area contributed by atoms with E-state index in [1.54, 1.807) is 11.9 Å². The summed E-state index contributed by atoms with van der Waals surface area (Å²) in [7, 11) is 0. The maximum atomic E-state index is 4.23. The molecule has 0 radical (unpaired) electrons. The molecule has 0 aromatic heterocycles. The average Bonchev–Trinajstić information content (AvgIpc) is 2.27. The van der Waals surface area contributed by atoms with E-state index in [9.17, 15) is 0 Å². The normalized spacial score (nSPS) is 17.3.